The minimum Gasteiger partial charge on any atom is -0.497 e. The van der Waals surface area contributed by atoms with E-state index in [9.17, 15) is 9.59 Å². The number of hydrogen-bond donors (Lipinski definition) is 1. The summed E-state index contributed by atoms with van der Waals surface area (Å²) in [7, 11) is 1.61. The third-order valence-electron chi connectivity index (χ3n) is 5.26. The van der Waals surface area contributed by atoms with Crippen LogP contribution in [-0.4, -0.2) is 29.9 Å². The molecule has 0 saturated carbocycles. The fraction of sp³-hybridized carbons (Fsp3) is 0.200. The molecule has 0 aromatic heterocycles. The molecule has 32 heavy (non-hydrogen) atoms. The average Bonchev–Trinajstić information content (AvgIpc) is 2.90. The summed E-state index contributed by atoms with van der Waals surface area (Å²) in [4.78, 5) is 27.3. The van der Waals surface area contributed by atoms with Crippen molar-refractivity contribution in [2.75, 3.05) is 12.4 Å². The standard InChI is InChI=1S/C25H23ClN2O4/c1-16-25(30)28(14-17-4-3-5-22(12-17)31-2)15-19-13-21(10-11-23(19)32-16)27-24(29)18-6-8-20(26)9-7-18/h3-13,16H,14-15H2,1-2H3,(H,27,29)/t16-/m0/s1. The molecule has 1 aliphatic heterocycles. The number of anilines is 1. The van der Waals surface area contributed by atoms with Crippen molar-refractivity contribution in [2.45, 2.75) is 26.1 Å². The summed E-state index contributed by atoms with van der Waals surface area (Å²) in [5, 5.41) is 3.46. The number of nitrogens with one attached hydrogen (secondary N) is 1. The third-order valence-corrected chi connectivity index (χ3v) is 5.51. The van der Waals surface area contributed by atoms with Crippen molar-refractivity contribution in [3.63, 3.8) is 0 Å². The van der Waals surface area contributed by atoms with Crippen LogP contribution in [0.15, 0.2) is 66.7 Å². The lowest BCUT2D eigenvalue weighted by Crippen LogP contribution is -2.37. The van der Waals surface area contributed by atoms with Crippen molar-refractivity contribution in [1.82, 2.24) is 4.90 Å². The van der Waals surface area contributed by atoms with Gasteiger partial charge in [0.2, 0.25) is 0 Å². The summed E-state index contributed by atoms with van der Waals surface area (Å²) < 4.78 is 11.2. The Morgan fingerprint density at radius 2 is 1.94 bits per heavy atom. The lowest BCUT2D eigenvalue weighted by molar-refractivity contribution is -0.138. The maximum atomic E-state index is 12.9. The summed E-state index contributed by atoms with van der Waals surface area (Å²) >= 11 is 5.90. The van der Waals surface area contributed by atoms with Gasteiger partial charge >= 0.3 is 0 Å². The van der Waals surface area contributed by atoms with Gasteiger partial charge in [0.25, 0.3) is 11.8 Å². The van der Waals surface area contributed by atoms with Gasteiger partial charge in [0, 0.05) is 34.9 Å². The molecule has 6 nitrogen and oxygen atoms in total. The zero-order valence-corrected chi connectivity index (χ0v) is 18.6. The van der Waals surface area contributed by atoms with Gasteiger partial charge in [0.05, 0.1) is 7.11 Å². The normalized spacial score (nSPS) is 15.4. The maximum absolute atomic E-state index is 12.9. The molecule has 0 fully saturated rings. The average molecular weight is 451 g/mol. The highest BCUT2D eigenvalue weighted by Crippen LogP contribution is 2.30. The molecule has 0 saturated heterocycles. The Kier molecular flexibility index (Phi) is 6.32. The molecule has 1 N–H and O–H groups in total. The Labute approximate surface area is 191 Å². The summed E-state index contributed by atoms with van der Waals surface area (Å²) in [6.07, 6.45) is -0.614. The molecule has 4 rings (SSSR count). The second-order valence-corrected chi connectivity index (χ2v) is 8.03. The first kappa shape index (κ1) is 21.7. The topological polar surface area (TPSA) is 67.9 Å². The van der Waals surface area contributed by atoms with E-state index in [-0.39, 0.29) is 11.8 Å². The highest BCUT2D eigenvalue weighted by Gasteiger charge is 2.28. The van der Waals surface area contributed by atoms with E-state index in [1.54, 1.807) is 55.3 Å². The first-order chi connectivity index (χ1) is 15.4. The van der Waals surface area contributed by atoms with Crippen LogP contribution in [0.1, 0.15) is 28.4 Å². The van der Waals surface area contributed by atoms with Crippen molar-refractivity contribution in [2.24, 2.45) is 0 Å². The molecule has 0 radical (unpaired) electrons. The van der Waals surface area contributed by atoms with Crippen LogP contribution in [0.3, 0.4) is 0 Å². The van der Waals surface area contributed by atoms with Crippen LogP contribution >= 0.6 is 11.6 Å². The van der Waals surface area contributed by atoms with Crippen LogP contribution in [0.5, 0.6) is 11.5 Å². The molecule has 1 aliphatic rings. The van der Waals surface area contributed by atoms with Crippen molar-refractivity contribution in [3.05, 3.63) is 88.4 Å². The first-order valence-corrected chi connectivity index (χ1v) is 10.6. The van der Waals surface area contributed by atoms with E-state index >= 15 is 0 Å². The van der Waals surface area contributed by atoms with Crippen molar-refractivity contribution >= 4 is 29.1 Å². The number of amides is 2. The number of nitrogens with zero attached hydrogens (tertiary/aromatic N) is 1. The number of rotatable bonds is 5. The molecule has 3 aromatic rings. The van der Waals surface area contributed by atoms with Gasteiger partial charge in [-0.25, -0.2) is 0 Å². The Bertz CT molecular complexity index is 1150. The lowest BCUT2D eigenvalue weighted by atomic mass is 10.1. The molecular weight excluding hydrogens is 428 g/mol. The number of carbonyl (C=O) groups excluding carboxylic acids is 2. The number of fused-ring (bicyclic) bond motifs is 1. The minimum absolute atomic E-state index is 0.101. The quantitative estimate of drug-likeness (QED) is 0.599. The fourth-order valence-electron chi connectivity index (χ4n) is 3.61. The van der Waals surface area contributed by atoms with E-state index in [0.717, 1.165) is 16.9 Å². The lowest BCUT2D eigenvalue weighted by Gasteiger charge is -2.22. The van der Waals surface area contributed by atoms with Gasteiger partial charge in [0.15, 0.2) is 6.10 Å². The Balaban J connectivity index is 1.56. The first-order valence-electron chi connectivity index (χ1n) is 10.2. The van der Waals surface area contributed by atoms with E-state index in [0.29, 0.717) is 35.1 Å². The van der Waals surface area contributed by atoms with Gasteiger partial charge in [-0.3, -0.25) is 9.59 Å². The Hall–Kier alpha value is -3.51. The predicted octanol–water partition coefficient (Wildman–Crippen LogP) is 4.91. The molecule has 0 unspecified atom stereocenters. The SMILES string of the molecule is COc1cccc(CN2Cc3cc(NC(=O)c4ccc(Cl)cc4)ccc3O[C@@H](C)C2=O)c1. The van der Waals surface area contributed by atoms with E-state index in [1.165, 1.54) is 0 Å². The van der Waals surface area contributed by atoms with Gasteiger partial charge in [0.1, 0.15) is 11.5 Å². The smallest absolute Gasteiger partial charge is 0.263 e. The van der Waals surface area contributed by atoms with E-state index in [2.05, 4.69) is 5.32 Å². The molecule has 3 aromatic carbocycles. The van der Waals surface area contributed by atoms with E-state index in [4.69, 9.17) is 21.1 Å². The molecule has 1 heterocycles. The van der Waals surface area contributed by atoms with Gasteiger partial charge in [-0.15, -0.1) is 0 Å². The van der Waals surface area contributed by atoms with Crippen LogP contribution in [-0.2, 0) is 17.9 Å². The number of carbonyl (C=O) groups is 2. The zero-order chi connectivity index (χ0) is 22.7. The van der Waals surface area contributed by atoms with Gasteiger partial charge in [-0.05, 0) is 67.1 Å². The molecule has 2 amide bonds. The van der Waals surface area contributed by atoms with Crippen LogP contribution in [0.4, 0.5) is 5.69 Å². The van der Waals surface area contributed by atoms with Crippen molar-refractivity contribution in [1.29, 1.82) is 0 Å². The van der Waals surface area contributed by atoms with Gasteiger partial charge in [-0.2, -0.15) is 0 Å². The van der Waals surface area contributed by atoms with Crippen LogP contribution in [0.2, 0.25) is 5.02 Å². The van der Waals surface area contributed by atoms with E-state index in [1.807, 2.05) is 30.3 Å². The Morgan fingerprint density at radius 1 is 1.16 bits per heavy atom. The summed E-state index contributed by atoms with van der Waals surface area (Å²) in [6, 6.07) is 19.7. The van der Waals surface area contributed by atoms with E-state index < -0.39 is 6.10 Å². The highest BCUT2D eigenvalue weighted by molar-refractivity contribution is 6.30. The van der Waals surface area contributed by atoms with Crippen molar-refractivity contribution in [3.8, 4) is 11.5 Å². The second-order valence-electron chi connectivity index (χ2n) is 7.59. The molecule has 0 spiro atoms. The highest BCUT2D eigenvalue weighted by atomic mass is 35.5. The molecular formula is C25H23ClN2O4. The molecule has 0 bridgehead atoms. The number of hydrogen-bond acceptors (Lipinski definition) is 4. The zero-order valence-electron chi connectivity index (χ0n) is 17.8. The summed E-state index contributed by atoms with van der Waals surface area (Å²) in [5.74, 6) is 1.02. The van der Waals surface area contributed by atoms with Crippen LogP contribution in [0, 0.1) is 0 Å². The number of methoxy groups -OCH3 is 1. The largest absolute Gasteiger partial charge is 0.497 e. The molecule has 7 heteroatoms. The third kappa shape index (κ3) is 4.86. The molecule has 164 valence electrons. The summed E-state index contributed by atoms with van der Waals surface area (Å²) in [6.45, 7) is 2.52. The molecule has 1 atom stereocenters. The summed E-state index contributed by atoms with van der Waals surface area (Å²) in [5.41, 5.74) is 2.90. The number of ether oxygens (including phenoxy) is 2. The fourth-order valence-corrected chi connectivity index (χ4v) is 3.73. The molecule has 0 aliphatic carbocycles. The number of benzene rings is 3. The monoisotopic (exact) mass is 450 g/mol. The van der Waals surface area contributed by atoms with Gasteiger partial charge < -0.3 is 19.7 Å². The predicted molar refractivity (Wildman–Crippen MR) is 123 cm³/mol. The van der Waals surface area contributed by atoms with Crippen LogP contribution < -0.4 is 14.8 Å². The maximum Gasteiger partial charge on any atom is 0.263 e. The second kappa shape index (κ2) is 9.32. The number of halogens is 1. The Morgan fingerprint density at radius 3 is 2.69 bits per heavy atom. The van der Waals surface area contributed by atoms with Crippen molar-refractivity contribution < 1.29 is 19.1 Å². The minimum atomic E-state index is -0.614. The van der Waals surface area contributed by atoms with Gasteiger partial charge in [-0.1, -0.05) is 23.7 Å². The van der Waals surface area contributed by atoms with Crippen LogP contribution in [0.25, 0.3) is 0 Å².